The summed E-state index contributed by atoms with van der Waals surface area (Å²) in [7, 11) is 0. The molecule has 3 aromatic rings. The van der Waals surface area contributed by atoms with Gasteiger partial charge in [-0.2, -0.15) is 14.6 Å². The third kappa shape index (κ3) is 5.19. The fourth-order valence-corrected chi connectivity index (χ4v) is 3.04. The van der Waals surface area contributed by atoms with Crippen molar-refractivity contribution < 1.29 is 9.50 Å². The van der Waals surface area contributed by atoms with Crippen molar-refractivity contribution in [3.63, 3.8) is 0 Å². The van der Waals surface area contributed by atoms with Gasteiger partial charge in [0.2, 0.25) is 5.95 Å². The van der Waals surface area contributed by atoms with Gasteiger partial charge in [-0.1, -0.05) is 19.4 Å². The zero-order chi connectivity index (χ0) is 20.1. The Kier molecular flexibility index (Phi) is 6.14. The fraction of sp³-hybridized carbons (Fsp3) is 0.429. The van der Waals surface area contributed by atoms with Crippen LogP contribution in [-0.2, 0) is 19.4 Å². The smallest absolute Gasteiger partial charge is 0.213 e. The minimum absolute atomic E-state index is 0.483. The van der Waals surface area contributed by atoms with Crippen molar-refractivity contribution in [3.05, 3.63) is 59.6 Å². The first-order valence-corrected chi connectivity index (χ1v) is 9.56. The minimum atomic E-state index is -0.727. The van der Waals surface area contributed by atoms with Crippen molar-refractivity contribution in [1.82, 2.24) is 24.7 Å². The highest BCUT2D eigenvalue weighted by molar-refractivity contribution is 5.49. The number of hydrogen-bond donors (Lipinski definition) is 1. The molecule has 28 heavy (non-hydrogen) atoms. The number of aryl methyl sites for hydroxylation is 2. The van der Waals surface area contributed by atoms with Crippen LogP contribution in [0.25, 0.3) is 11.5 Å². The van der Waals surface area contributed by atoms with Crippen molar-refractivity contribution >= 4 is 0 Å². The number of hydrogen-bond acceptors (Lipinski definition) is 5. The van der Waals surface area contributed by atoms with E-state index in [1.807, 2.05) is 10.8 Å². The predicted octanol–water partition coefficient (Wildman–Crippen LogP) is 3.58. The van der Waals surface area contributed by atoms with Gasteiger partial charge < -0.3 is 9.67 Å². The Morgan fingerprint density at radius 1 is 1.18 bits per heavy atom. The second kappa shape index (κ2) is 8.56. The Morgan fingerprint density at radius 3 is 2.71 bits per heavy atom. The molecule has 3 rings (SSSR count). The zero-order valence-electron chi connectivity index (χ0n) is 16.6. The van der Waals surface area contributed by atoms with E-state index in [0.29, 0.717) is 30.9 Å². The van der Waals surface area contributed by atoms with Gasteiger partial charge in [0.15, 0.2) is 5.82 Å². The van der Waals surface area contributed by atoms with Crippen LogP contribution in [0.2, 0.25) is 0 Å². The molecule has 0 bridgehead atoms. The molecule has 0 aliphatic heterocycles. The molecular formula is C21H26FN5O. The summed E-state index contributed by atoms with van der Waals surface area (Å²) in [4.78, 5) is 8.26. The molecule has 0 fully saturated rings. The fourth-order valence-electron chi connectivity index (χ4n) is 3.04. The lowest BCUT2D eigenvalue weighted by Crippen LogP contribution is -2.20. The average Bonchev–Trinajstić information content (AvgIpc) is 3.10. The van der Waals surface area contributed by atoms with E-state index in [4.69, 9.17) is 0 Å². The van der Waals surface area contributed by atoms with Gasteiger partial charge in [0.1, 0.15) is 5.69 Å². The first-order valence-electron chi connectivity index (χ1n) is 9.56. The summed E-state index contributed by atoms with van der Waals surface area (Å²) in [5.41, 5.74) is 2.64. The molecule has 0 radical (unpaired) electrons. The summed E-state index contributed by atoms with van der Waals surface area (Å²) >= 11 is 0. The Balaban J connectivity index is 1.85. The second-order valence-electron chi connectivity index (χ2n) is 7.59. The van der Waals surface area contributed by atoms with E-state index in [1.54, 1.807) is 32.2 Å². The zero-order valence-corrected chi connectivity index (χ0v) is 16.6. The van der Waals surface area contributed by atoms with Crippen LogP contribution in [0.5, 0.6) is 0 Å². The topological polar surface area (TPSA) is 76.7 Å². The van der Waals surface area contributed by atoms with Gasteiger partial charge in [0, 0.05) is 12.4 Å². The lowest BCUT2D eigenvalue weighted by Gasteiger charge is -2.17. The molecule has 148 valence electrons. The highest BCUT2D eigenvalue weighted by Gasteiger charge is 2.15. The SMILES string of the molecule is CCCc1cc(CCC(C)(C)O)nnc1Cn1ccnc1-c1cccc(F)n1. The number of halogens is 1. The predicted molar refractivity (Wildman–Crippen MR) is 105 cm³/mol. The van der Waals surface area contributed by atoms with Crippen LogP contribution in [0.15, 0.2) is 36.7 Å². The van der Waals surface area contributed by atoms with Crippen molar-refractivity contribution in [2.24, 2.45) is 0 Å². The molecule has 0 saturated carbocycles. The third-order valence-corrected chi connectivity index (χ3v) is 4.50. The van der Waals surface area contributed by atoms with Gasteiger partial charge in [-0.05, 0) is 56.9 Å². The molecule has 0 saturated heterocycles. The van der Waals surface area contributed by atoms with Gasteiger partial charge in [0.05, 0.1) is 23.5 Å². The first kappa shape index (κ1) is 20.1. The van der Waals surface area contributed by atoms with Crippen LogP contribution in [0, 0.1) is 5.95 Å². The summed E-state index contributed by atoms with van der Waals surface area (Å²) in [5, 5.41) is 18.7. The van der Waals surface area contributed by atoms with Crippen LogP contribution < -0.4 is 0 Å². The average molecular weight is 383 g/mol. The van der Waals surface area contributed by atoms with Crippen LogP contribution in [0.3, 0.4) is 0 Å². The molecule has 0 spiro atoms. The van der Waals surface area contributed by atoms with Gasteiger partial charge in [0.25, 0.3) is 0 Å². The van der Waals surface area contributed by atoms with Gasteiger partial charge in [-0.15, -0.1) is 0 Å². The van der Waals surface area contributed by atoms with E-state index in [2.05, 4.69) is 33.2 Å². The minimum Gasteiger partial charge on any atom is -0.390 e. The highest BCUT2D eigenvalue weighted by Crippen LogP contribution is 2.19. The number of pyridine rings is 1. The Bertz CT molecular complexity index is 933. The summed E-state index contributed by atoms with van der Waals surface area (Å²) < 4.78 is 15.4. The molecule has 7 heteroatoms. The molecule has 3 aromatic heterocycles. The van der Waals surface area contributed by atoms with Gasteiger partial charge in [-0.25, -0.2) is 9.97 Å². The Morgan fingerprint density at radius 2 is 2.00 bits per heavy atom. The Labute approximate surface area is 164 Å². The number of rotatable bonds is 8. The lowest BCUT2D eigenvalue weighted by atomic mass is 10.00. The van der Waals surface area contributed by atoms with Crippen LogP contribution in [-0.4, -0.2) is 35.4 Å². The molecule has 1 N–H and O–H groups in total. The maximum atomic E-state index is 13.5. The molecule has 0 aliphatic rings. The van der Waals surface area contributed by atoms with Crippen LogP contribution in [0.1, 0.15) is 50.6 Å². The number of aliphatic hydroxyl groups is 1. The summed E-state index contributed by atoms with van der Waals surface area (Å²) in [5.74, 6) is 0.0597. The third-order valence-electron chi connectivity index (χ3n) is 4.50. The standard InChI is InChI=1S/C21H26FN5O/c1-4-6-15-13-16(9-10-21(2,3)28)25-26-18(15)14-27-12-11-23-20(27)17-7-5-8-19(22)24-17/h5,7-8,11-13,28H,4,6,9-10,14H2,1-3H3. The number of aromatic nitrogens is 5. The molecule has 0 unspecified atom stereocenters. The summed E-state index contributed by atoms with van der Waals surface area (Å²) in [6.07, 6.45) is 6.70. The summed E-state index contributed by atoms with van der Waals surface area (Å²) in [6, 6.07) is 6.75. The maximum Gasteiger partial charge on any atom is 0.213 e. The molecule has 0 aliphatic carbocycles. The van der Waals surface area contributed by atoms with E-state index in [1.165, 1.54) is 6.07 Å². The van der Waals surface area contributed by atoms with Crippen molar-refractivity contribution in [3.8, 4) is 11.5 Å². The normalized spacial score (nSPS) is 11.8. The van der Waals surface area contributed by atoms with E-state index in [0.717, 1.165) is 29.8 Å². The maximum absolute atomic E-state index is 13.5. The van der Waals surface area contributed by atoms with Crippen molar-refractivity contribution in [2.45, 2.75) is 58.6 Å². The van der Waals surface area contributed by atoms with Gasteiger partial charge in [-0.3, -0.25) is 0 Å². The van der Waals surface area contributed by atoms with E-state index in [9.17, 15) is 9.50 Å². The largest absolute Gasteiger partial charge is 0.390 e. The molecule has 0 atom stereocenters. The Hall–Kier alpha value is -2.67. The van der Waals surface area contributed by atoms with Crippen molar-refractivity contribution in [2.75, 3.05) is 0 Å². The monoisotopic (exact) mass is 383 g/mol. The highest BCUT2D eigenvalue weighted by atomic mass is 19.1. The van der Waals surface area contributed by atoms with Crippen LogP contribution in [0.4, 0.5) is 4.39 Å². The number of nitrogens with zero attached hydrogens (tertiary/aromatic N) is 5. The first-order chi connectivity index (χ1) is 13.4. The molecule has 6 nitrogen and oxygen atoms in total. The van der Waals surface area contributed by atoms with Crippen LogP contribution >= 0.6 is 0 Å². The molecule has 0 aromatic carbocycles. The second-order valence-corrected chi connectivity index (χ2v) is 7.59. The van der Waals surface area contributed by atoms with E-state index >= 15 is 0 Å². The van der Waals surface area contributed by atoms with E-state index < -0.39 is 11.5 Å². The lowest BCUT2D eigenvalue weighted by molar-refractivity contribution is 0.0710. The summed E-state index contributed by atoms with van der Waals surface area (Å²) in [6.45, 7) is 6.20. The molecule has 0 amide bonds. The number of imidazole rings is 1. The van der Waals surface area contributed by atoms with Crippen molar-refractivity contribution in [1.29, 1.82) is 0 Å². The molecular weight excluding hydrogens is 357 g/mol. The van der Waals surface area contributed by atoms with E-state index in [-0.39, 0.29) is 0 Å². The molecule has 3 heterocycles. The quantitative estimate of drug-likeness (QED) is 0.602. The van der Waals surface area contributed by atoms with Gasteiger partial charge >= 0.3 is 0 Å².